The fourth-order valence-corrected chi connectivity index (χ4v) is 2.98. The summed E-state index contributed by atoms with van der Waals surface area (Å²) in [4.78, 5) is 25.9. The van der Waals surface area contributed by atoms with Gasteiger partial charge in [-0.25, -0.2) is 4.79 Å². The molecule has 1 saturated heterocycles. The number of amides is 3. The van der Waals surface area contributed by atoms with Crippen molar-refractivity contribution in [3.05, 3.63) is 48.0 Å². The Hall–Kier alpha value is -3.22. The number of carbonyl (C=O) groups is 2. The molecule has 142 valence electrons. The van der Waals surface area contributed by atoms with E-state index in [0.717, 1.165) is 17.7 Å². The highest BCUT2D eigenvalue weighted by atomic mass is 16.5. The van der Waals surface area contributed by atoms with Gasteiger partial charge in [0.15, 0.2) is 0 Å². The Bertz CT molecular complexity index is 820. The van der Waals surface area contributed by atoms with Gasteiger partial charge in [-0.05, 0) is 42.3 Å². The van der Waals surface area contributed by atoms with E-state index in [0.29, 0.717) is 36.6 Å². The molecule has 3 rings (SSSR count). The number of nitrogens with zero attached hydrogens (tertiary/aromatic N) is 1. The summed E-state index contributed by atoms with van der Waals surface area (Å²) in [6.07, 6.45) is 1.35. The number of methoxy groups -OCH3 is 2. The van der Waals surface area contributed by atoms with E-state index in [1.54, 1.807) is 37.3 Å². The Labute approximate surface area is 158 Å². The maximum absolute atomic E-state index is 12.2. The molecule has 1 fully saturated rings. The standard InChI is InChI=1S/C20H23N3O4/c1-26-16-8-5-14(6-9-16)13-21-20(25)22-15-7-10-18(27-2)17(12-15)23-11-3-4-19(23)24/h5-10,12H,3-4,11,13H2,1-2H3,(H2,21,22,25). The quantitative estimate of drug-likeness (QED) is 0.820. The molecular weight excluding hydrogens is 346 g/mol. The van der Waals surface area contributed by atoms with Gasteiger partial charge in [-0.15, -0.1) is 0 Å². The van der Waals surface area contributed by atoms with Gasteiger partial charge in [-0.3, -0.25) is 4.79 Å². The third-order valence-electron chi connectivity index (χ3n) is 4.41. The van der Waals surface area contributed by atoms with Gasteiger partial charge < -0.3 is 25.0 Å². The first-order chi connectivity index (χ1) is 13.1. The summed E-state index contributed by atoms with van der Waals surface area (Å²) >= 11 is 0. The Morgan fingerprint density at radius 3 is 2.52 bits per heavy atom. The molecule has 0 unspecified atom stereocenters. The van der Waals surface area contributed by atoms with Crippen LogP contribution in [0.1, 0.15) is 18.4 Å². The number of rotatable bonds is 6. The summed E-state index contributed by atoms with van der Waals surface area (Å²) in [5, 5.41) is 5.61. The van der Waals surface area contributed by atoms with E-state index in [2.05, 4.69) is 10.6 Å². The number of benzene rings is 2. The van der Waals surface area contributed by atoms with Crippen LogP contribution in [0.5, 0.6) is 11.5 Å². The lowest BCUT2D eigenvalue weighted by Crippen LogP contribution is -2.28. The van der Waals surface area contributed by atoms with E-state index in [4.69, 9.17) is 9.47 Å². The molecule has 3 amide bonds. The van der Waals surface area contributed by atoms with Crippen LogP contribution in [0.3, 0.4) is 0 Å². The van der Waals surface area contributed by atoms with Crippen molar-refractivity contribution in [3.63, 3.8) is 0 Å². The minimum Gasteiger partial charge on any atom is -0.497 e. The monoisotopic (exact) mass is 369 g/mol. The number of carbonyl (C=O) groups excluding carboxylic acids is 2. The van der Waals surface area contributed by atoms with E-state index in [-0.39, 0.29) is 11.9 Å². The Morgan fingerprint density at radius 2 is 1.89 bits per heavy atom. The molecule has 2 aromatic rings. The molecule has 27 heavy (non-hydrogen) atoms. The first kappa shape index (κ1) is 18.6. The highest BCUT2D eigenvalue weighted by Crippen LogP contribution is 2.33. The number of hydrogen-bond donors (Lipinski definition) is 2. The van der Waals surface area contributed by atoms with Crippen LogP contribution in [-0.2, 0) is 11.3 Å². The molecule has 0 atom stereocenters. The van der Waals surface area contributed by atoms with Crippen molar-refractivity contribution in [3.8, 4) is 11.5 Å². The Balaban J connectivity index is 1.64. The smallest absolute Gasteiger partial charge is 0.319 e. The zero-order chi connectivity index (χ0) is 19.2. The maximum atomic E-state index is 12.2. The SMILES string of the molecule is COc1ccc(CNC(=O)Nc2ccc(OC)c(N3CCCC3=O)c2)cc1. The number of anilines is 2. The molecule has 1 heterocycles. The van der Waals surface area contributed by atoms with Crippen molar-refractivity contribution in [2.75, 3.05) is 31.0 Å². The summed E-state index contributed by atoms with van der Waals surface area (Å²) in [7, 11) is 3.17. The van der Waals surface area contributed by atoms with Crippen molar-refractivity contribution in [2.24, 2.45) is 0 Å². The number of hydrogen-bond acceptors (Lipinski definition) is 4. The van der Waals surface area contributed by atoms with Gasteiger partial charge in [-0.2, -0.15) is 0 Å². The highest BCUT2D eigenvalue weighted by Gasteiger charge is 2.24. The zero-order valence-electron chi connectivity index (χ0n) is 15.5. The molecule has 1 aliphatic heterocycles. The maximum Gasteiger partial charge on any atom is 0.319 e. The molecule has 7 nitrogen and oxygen atoms in total. The van der Waals surface area contributed by atoms with Crippen molar-refractivity contribution in [1.82, 2.24) is 5.32 Å². The third kappa shape index (κ3) is 4.49. The molecule has 0 bridgehead atoms. The van der Waals surface area contributed by atoms with Crippen molar-refractivity contribution in [1.29, 1.82) is 0 Å². The van der Waals surface area contributed by atoms with Gasteiger partial charge in [0.05, 0.1) is 19.9 Å². The lowest BCUT2D eigenvalue weighted by atomic mass is 10.2. The lowest BCUT2D eigenvalue weighted by molar-refractivity contribution is -0.117. The van der Waals surface area contributed by atoms with Gasteiger partial charge in [-0.1, -0.05) is 12.1 Å². The first-order valence-electron chi connectivity index (χ1n) is 8.77. The summed E-state index contributed by atoms with van der Waals surface area (Å²) in [5.74, 6) is 1.44. The second kappa shape index (κ2) is 8.44. The summed E-state index contributed by atoms with van der Waals surface area (Å²) < 4.78 is 10.5. The molecule has 0 aromatic heterocycles. The van der Waals surface area contributed by atoms with Crippen LogP contribution < -0.4 is 25.0 Å². The molecule has 0 radical (unpaired) electrons. The highest BCUT2D eigenvalue weighted by molar-refractivity contribution is 5.98. The van der Waals surface area contributed by atoms with E-state index in [9.17, 15) is 9.59 Å². The number of urea groups is 1. The number of ether oxygens (including phenoxy) is 2. The molecular formula is C20H23N3O4. The normalized spacial score (nSPS) is 13.4. The van der Waals surface area contributed by atoms with Gasteiger partial charge in [0, 0.05) is 25.2 Å². The average molecular weight is 369 g/mol. The molecule has 1 aliphatic rings. The van der Waals surface area contributed by atoms with Gasteiger partial charge in [0.25, 0.3) is 0 Å². The van der Waals surface area contributed by atoms with Crippen LogP contribution in [0.15, 0.2) is 42.5 Å². The van der Waals surface area contributed by atoms with E-state index >= 15 is 0 Å². The molecule has 0 aliphatic carbocycles. The Kier molecular flexibility index (Phi) is 5.80. The van der Waals surface area contributed by atoms with Gasteiger partial charge in [0.1, 0.15) is 11.5 Å². The molecule has 7 heteroatoms. The second-order valence-corrected chi connectivity index (χ2v) is 6.19. The van der Waals surface area contributed by atoms with Gasteiger partial charge >= 0.3 is 6.03 Å². The molecule has 0 saturated carbocycles. The van der Waals surface area contributed by atoms with Crippen LogP contribution >= 0.6 is 0 Å². The van der Waals surface area contributed by atoms with Crippen molar-refractivity contribution < 1.29 is 19.1 Å². The lowest BCUT2D eigenvalue weighted by Gasteiger charge is -2.20. The summed E-state index contributed by atoms with van der Waals surface area (Å²) in [5.41, 5.74) is 2.23. The first-order valence-corrected chi connectivity index (χ1v) is 8.77. The second-order valence-electron chi connectivity index (χ2n) is 6.19. The fourth-order valence-electron chi connectivity index (χ4n) is 2.98. The molecule has 2 aromatic carbocycles. The van der Waals surface area contributed by atoms with E-state index < -0.39 is 0 Å². The third-order valence-corrected chi connectivity index (χ3v) is 4.41. The zero-order valence-corrected chi connectivity index (χ0v) is 15.5. The van der Waals surface area contributed by atoms with Crippen molar-refractivity contribution >= 4 is 23.3 Å². The topological polar surface area (TPSA) is 79.9 Å². The van der Waals surface area contributed by atoms with Crippen molar-refractivity contribution in [2.45, 2.75) is 19.4 Å². The van der Waals surface area contributed by atoms with Gasteiger partial charge in [0.2, 0.25) is 5.91 Å². The molecule has 2 N–H and O–H groups in total. The fraction of sp³-hybridized carbons (Fsp3) is 0.300. The predicted molar refractivity (Wildman–Crippen MR) is 103 cm³/mol. The minimum absolute atomic E-state index is 0.0643. The average Bonchev–Trinajstić information content (AvgIpc) is 3.12. The van der Waals surface area contributed by atoms with Crippen LogP contribution in [0.25, 0.3) is 0 Å². The van der Waals surface area contributed by atoms with Crippen LogP contribution in [0, 0.1) is 0 Å². The van der Waals surface area contributed by atoms with E-state index in [1.165, 1.54) is 0 Å². The van der Waals surface area contributed by atoms with E-state index in [1.807, 2.05) is 24.3 Å². The molecule has 0 spiro atoms. The number of nitrogens with one attached hydrogen (secondary N) is 2. The minimum atomic E-state index is -0.324. The summed E-state index contributed by atoms with van der Waals surface area (Å²) in [6.45, 7) is 1.05. The van der Waals surface area contributed by atoms with Crippen LogP contribution in [0.2, 0.25) is 0 Å². The van der Waals surface area contributed by atoms with Crippen LogP contribution in [-0.4, -0.2) is 32.7 Å². The largest absolute Gasteiger partial charge is 0.497 e. The summed E-state index contributed by atoms with van der Waals surface area (Å²) in [6, 6.07) is 12.4. The van der Waals surface area contributed by atoms with Crippen LogP contribution in [0.4, 0.5) is 16.2 Å². The Morgan fingerprint density at radius 1 is 1.11 bits per heavy atom. The predicted octanol–water partition coefficient (Wildman–Crippen LogP) is 3.15.